The van der Waals surface area contributed by atoms with Crippen LogP contribution in [0.4, 0.5) is 0 Å². The molecule has 2 atom stereocenters. The van der Waals surface area contributed by atoms with Crippen LogP contribution in [0, 0.1) is 17.2 Å². The standard InChI is InChI=1S/C18H22N2O/c1-2-7-16-14-17(11-12-19)20(18(16)21)13-6-10-15-8-4-3-5-9-15/h2-5,8-9,16-17H,1,6-7,10-11,13-14H2/t16-,17-/m1/s1. The van der Waals surface area contributed by atoms with Gasteiger partial charge in [0, 0.05) is 18.5 Å². The lowest BCUT2D eigenvalue weighted by Crippen LogP contribution is -2.34. The van der Waals surface area contributed by atoms with E-state index in [0.29, 0.717) is 6.42 Å². The summed E-state index contributed by atoms with van der Waals surface area (Å²) in [7, 11) is 0. The predicted octanol–water partition coefficient (Wildman–Crippen LogP) is 3.33. The highest BCUT2D eigenvalue weighted by molar-refractivity contribution is 5.81. The Balaban J connectivity index is 1.91. The number of aryl methyl sites for hydroxylation is 1. The van der Waals surface area contributed by atoms with E-state index in [1.54, 1.807) is 6.08 Å². The molecule has 1 amide bonds. The molecule has 2 rings (SSSR count). The fraction of sp³-hybridized carbons (Fsp3) is 0.444. The van der Waals surface area contributed by atoms with Crippen molar-refractivity contribution in [3.63, 3.8) is 0 Å². The highest BCUT2D eigenvalue weighted by Gasteiger charge is 2.37. The number of hydrogen-bond acceptors (Lipinski definition) is 2. The maximum Gasteiger partial charge on any atom is 0.226 e. The lowest BCUT2D eigenvalue weighted by Gasteiger charge is -2.23. The molecule has 21 heavy (non-hydrogen) atoms. The van der Waals surface area contributed by atoms with E-state index in [0.717, 1.165) is 32.2 Å². The quantitative estimate of drug-likeness (QED) is 0.720. The highest BCUT2D eigenvalue weighted by atomic mass is 16.2. The second kappa shape index (κ2) is 7.64. The number of carbonyl (C=O) groups is 1. The minimum absolute atomic E-state index is 0.0255. The molecule has 1 aromatic carbocycles. The van der Waals surface area contributed by atoms with Crippen LogP contribution < -0.4 is 0 Å². The zero-order chi connectivity index (χ0) is 15.1. The average Bonchev–Trinajstić information content (AvgIpc) is 2.78. The first-order chi connectivity index (χ1) is 10.3. The molecule has 1 saturated heterocycles. The number of nitrogens with zero attached hydrogens (tertiary/aromatic N) is 2. The highest BCUT2D eigenvalue weighted by Crippen LogP contribution is 2.29. The molecule has 1 aliphatic rings. The van der Waals surface area contributed by atoms with Crippen molar-refractivity contribution in [2.24, 2.45) is 5.92 Å². The Kier molecular flexibility index (Phi) is 5.57. The summed E-state index contributed by atoms with van der Waals surface area (Å²) < 4.78 is 0. The molecule has 0 N–H and O–H groups in total. The first kappa shape index (κ1) is 15.3. The van der Waals surface area contributed by atoms with Gasteiger partial charge in [0.25, 0.3) is 0 Å². The smallest absolute Gasteiger partial charge is 0.226 e. The molecule has 1 aliphatic heterocycles. The minimum Gasteiger partial charge on any atom is -0.338 e. The van der Waals surface area contributed by atoms with Gasteiger partial charge in [-0.2, -0.15) is 5.26 Å². The van der Waals surface area contributed by atoms with E-state index in [9.17, 15) is 4.79 Å². The Morgan fingerprint density at radius 1 is 1.38 bits per heavy atom. The van der Waals surface area contributed by atoms with Crippen LogP contribution in [0.3, 0.4) is 0 Å². The number of hydrogen-bond donors (Lipinski definition) is 0. The number of benzene rings is 1. The average molecular weight is 282 g/mol. The third-order valence-electron chi connectivity index (χ3n) is 4.12. The SMILES string of the molecule is C=CC[C@@H]1C[C@@H](CC#N)N(CCCc2ccccc2)C1=O. The number of nitriles is 1. The molecule has 0 radical (unpaired) electrons. The topological polar surface area (TPSA) is 44.1 Å². The van der Waals surface area contributed by atoms with Crippen LogP contribution in [0.2, 0.25) is 0 Å². The summed E-state index contributed by atoms with van der Waals surface area (Å²) in [5.41, 5.74) is 1.30. The molecule has 1 fully saturated rings. The van der Waals surface area contributed by atoms with Gasteiger partial charge in [-0.25, -0.2) is 0 Å². The van der Waals surface area contributed by atoms with Crippen molar-refractivity contribution < 1.29 is 4.79 Å². The lowest BCUT2D eigenvalue weighted by molar-refractivity contribution is -0.131. The number of likely N-dealkylation sites (tertiary alicyclic amines) is 1. The molecule has 0 aromatic heterocycles. The number of rotatable bonds is 7. The van der Waals surface area contributed by atoms with Gasteiger partial charge in [0.05, 0.1) is 12.5 Å². The summed E-state index contributed by atoms with van der Waals surface area (Å²) in [6.45, 7) is 4.46. The molecular weight excluding hydrogens is 260 g/mol. The van der Waals surface area contributed by atoms with Gasteiger partial charge in [0.15, 0.2) is 0 Å². The van der Waals surface area contributed by atoms with Gasteiger partial charge in [-0.1, -0.05) is 36.4 Å². The minimum atomic E-state index is 0.0255. The van der Waals surface area contributed by atoms with E-state index in [1.165, 1.54) is 5.56 Å². The Morgan fingerprint density at radius 2 is 2.14 bits per heavy atom. The Hall–Kier alpha value is -2.08. The van der Waals surface area contributed by atoms with Gasteiger partial charge in [0.2, 0.25) is 5.91 Å². The first-order valence-corrected chi connectivity index (χ1v) is 7.58. The van der Waals surface area contributed by atoms with Crippen molar-refractivity contribution in [2.75, 3.05) is 6.54 Å². The maximum absolute atomic E-state index is 12.4. The summed E-state index contributed by atoms with van der Waals surface area (Å²) >= 11 is 0. The zero-order valence-electron chi connectivity index (χ0n) is 12.4. The van der Waals surface area contributed by atoms with Gasteiger partial charge in [-0.3, -0.25) is 4.79 Å². The van der Waals surface area contributed by atoms with E-state index in [1.807, 2.05) is 23.1 Å². The van der Waals surface area contributed by atoms with Gasteiger partial charge in [-0.05, 0) is 31.2 Å². The predicted molar refractivity (Wildman–Crippen MR) is 83.4 cm³/mol. The molecule has 0 unspecified atom stereocenters. The monoisotopic (exact) mass is 282 g/mol. The van der Waals surface area contributed by atoms with E-state index in [2.05, 4.69) is 24.8 Å². The van der Waals surface area contributed by atoms with Crippen molar-refractivity contribution in [3.05, 3.63) is 48.6 Å². The second-order valence-corrected chi connectivity index (χ2v) is 5.59. The van der Waals surface area contributed by atoms with E-state index in [4.69, 9.17) is 5.26 Å². The van der Waals surface area contributed by atoms with Gasteiger partial charge in [-0.15, -0.1) is 6.58 Å². The van der Waals surface area contributed by atoms with Crippen LogP contribution in [0.15, 0.2) is 43.0 Å². The zero-order valence-corrected chi connectivity index (χ0v) is 12.4. The van der Waals surface area contributed by atoms with Gasteiger partial charge >= 0.3 is 0 Å². The number of allylic oxidation sites excluding steroid dienone is 1. The normalized spacial score (nSPS) is 21.3. The van der Waals surface area contributed by atoms with Crippen LogP contribution in [0.5, 0.6) is 0 Å². The third-order valence-corrected chi connectivity index (χ3v) is 4.12. The van der Waals surface area contributed by atoms with Crippen LogP contribution in [0.1, 0.15) is 31.2 Å². The van der Waals surface area contributed by atoms with Crippen LogP contribution in [0.25, 0.3) is 0 Å². The fourth-order valence-corrected chi connectivity index (χ4v) is 3.06. The van der Waals surface area contributed by atoms with Crippen molar-refractivity contribution in [1.29, 1.82) is 5.26 Å². The maximum atomic E-state index is 12.4. The molecular formula is C18H22N2O. The number of carbonyl (C=O) groups excluding carboxylic acids is 1. The van der Waals surface area contributed by atoms with Crippen molar-refractivity contribution in [1.82, 2.24) is 4.90 Å². The van der Waals surface area contributed by atoms with Gasteiger partial charge < -0.3 is 4.90 Å². The second-order valence-electron chi connectivity index (χ2n) is 5.59. The molecule has 1 aromatic rings. The summed E-state index contributed by atoms with van der Waals surface area (Å²) in [4.78, 5) is 14.3. The molecule has 0 spiro atoms. The van der Waals surface area contributed by atoms with Crippen molar-refractivity contribution >= 4 is 5.91 Å². The molecule has 0 bridgehead atoms. The Morgan fingerprint density at radius 3 is 2.81 bits per heavy atom. The largest absolute Gasteiger partial charge is 0.338 e. The summed E-state index contributed by atoms with van der Waals surface area (Å²) in [6.07, 6.45) is 5.67. The Bertz CT molecular complexity index is 518. The third kappa shape index (κ3) is 3.95. The van der Waals surface area contributed by atoms with Gasteiger partial charge in [0.1, 0.15) is 0 Å². The van der Waals surface area contributed by atoms with E-state index < -0.39 is 0 Å². The fourth-order valence-electron chi connectivity index (χ4n) is 3.06. The molecule has 3 heteroatoms. The summed E-state index contributed by atoms with van der Waals surface area (Å²) in [6, 6.07) is 12.6. The molecule has 110 valence electrons. The number of amides is 1. The van der Waals surface area contributed by atoms with Crippen molar-refractivity contribution in [2.45, 2.75) is 38.1 Å². The van der Waals surface area contributed by atoms with Crippen molar-refractivity contribution in [3.8, 4) is 6.07 Å². The van der Waals surface area contributed by atoms with Crippen LogP contribution in [-0.4, -0.2) is 23.4 Å². The molecule has 0 aliphatic carbocycles. The van der Waals surface area contributed by atoms with Crippen LogP contribution in [-0.2, 0) is 11.2 Å². The lowest BCUT2D eigenvalue weighted by atomic mass is 10.0. The Labute approximate surface area is 126 Å². The first-order valence-electron chi connectivity index (χ1n) is 7.58. The van der Waals surface area contributed by atoms with E-state index in [-0.39, 0.29) is 17.9 Å². The molecule has 3 nitrogen and oxygen atoms in total. The van der Waals surface area contributed by atoms with Crippen LogP contribution >= 0.6 is 0 Å². The summed E-state index contributed by atoms with van der Waals surface area (Å²) in [5, 5.41) is 8.94. The van der Waals surface area contributed by atoms with E-state index >= 15 is 0 Å². The molecule has 1 heterocycles. The molecule has 0 saturated carbocycles. The summed E-state index contributed by atoms with van der Waals surface area (Å²) in [5.74, 6) is 0.223.